The Morgan fingerprint density at radius 2 is 2.11 bits per heavy atom. The summed E-state index contributed by atoms with van der Waals surface area (Å²) in [6.07, 6.45) is 15.8. The van der Waals surface area contributed by atoms with Crippen LogP contribution < -0.4 is 0 Å². The molecule has 3 aliphatic rings. The quantitative estimate of drug-likeness (QED) is 0.365. The van der Waals surface area contributed by atoms with Gasteiger partial charge in [0.15, 0.2) is 0 Å². The molecule has 28 heavy (non-hydrogen) atoms. The van der Waals surface area contributed by atoms with Gasteiger partial charge in [-0.3, -0.25) is 0 Å². The normalized spacial score (nSPS) is 30.5. The van der Waals surface area contributed by atoms with Crippen LogP contribution in [0.25, 0.3) is 0 Å². The van der Waals surface area contributed by atoms with Gasteiger partial charge in [-0.05, 0) is 73.3 Å². The Hall–Kier alpha value is -1.61. The van der Waals surface area contributed by atoms with E-state index >= 15 is 0 Å². The molecule has 0 saturated heterocycles. The maximum Gasteiger partial charge on any atom is 0.331 e. The van der Waals surface area contributed by atoms with Crippen LogP contribution in [-0.4, -0.2) is 24.3 Å². The van der Waals surface area contributed by atoms with Crippen molar-refractivity contribution in [2.24, 2.45) is 16.7 Å². The Kier molecular flexibility index (Phi) is 6.34. The monoisotopic (exact) mass is 384 g/mol. The Morgan fingerprint density at radius 3 is 2.79 bits per heavy atom. The maximum atomic E-state index is 11.1. The number of aliphatic hydroxyl groups is 1. The van der Waals surface area contributed by atoms with Crippen molar-refractivity contribution in [3.63, 3.8) is 0 Å². The summed E-state index contributed by atoms with van der Waals surface area (Å²) in [5.41, 5.74) is 5.89. The molecule has 0 unspecified atom stereocenters. The summed E-state index contributed by atoms with van der Waals surface area (Å²) in [5, 5.41) is 9.82. The molecule has 3 nitrogen and oxygen atoms in total. The van der Waals surface area contributed by atoms with Crippen molar-refractivity contribution in [1.82, 2.24) is 0 Å². The lowest BCUT2D eigenvalue weighted by atomic mass is 9.50. The van der Waals surface area contributed by atoms with Crippen molar-refractivity contribution >= 4 is 5.97 Å². The van der Waals surface area contributed by atoms with Crippen LogP contribution in [0.1, 0.15) is 72.6 Å². The summed E-state index contributed by atoms with van der Waals surface area (Å²) in [6.45, 7) is 10.2. The molecule has 2 atom stereocenters. The van der Waals surface area contributed by atoms with E-state index < -0.39 is 0 Å². The van der Waals surface area contributed by atoms with Gasteiger partial charge in [0.2, 0.25) is 0 Å². The minimum atomic E-state index is -0.274. The summed E-state index contributed by atoms with van der Waals surface area (Å²) in [4.78, 5) is 11.1. The fraction of sp³-hybridized carbons (Fsp3) is 0.640. The van der Waals surface area contributed by atoms with Gasteiger partial charge in [0, 0.05) is 6.08 Å². The van der Waals surface area contributed by atoms with E-state index in [2.05, 4.69) is 27.7 Å². The molecule has 0 bridgehead atoms. The molecule has 154 valence electrons. The molecule has 1 N–H and O–H groups in total. The third-order valence-corrected chi connectivity index (χ3v) is 7.47. The average Bonchev–Trinajstić information content (AvgIpc) is 3.04. The van der Waals surface area contributed by atoms with E-state index in [0.29, 0.717) is 17.4 Å². The molecule has 0 radical (unpaired) electrons. The predicted octanol–water partition coefficient (Wildman–Crippen LogP) is 5.67. The first kappa shape index (κ1) is 21.1. The summed E-state index contributed by atoms with van der Waals surface area (Å²) in [5.74, 6) is 0.490. The van der Waals surface area contributed by atoms with E-state index in [1.807, 2.05) is 18.2 Å². The van der Waals surface area contributed by atoms with Crippen LogP contribution in [0.2, 0.25) is 0 Å². The fourth-order valence-corrected chi connectivity index (χ4v) is 5.98. The number of hydrogen-bond acceptors (Lipinski definition) is 3. The third-order valence-electron chi connectivity index (χ3n) is 7.47. The summed E-state index contributed by atoms with van der Waals surface area (Å²) >= 11 is 0. The van der Waals surface area contributed by atoms with Crippen LogP contribution in [0, 0.1) is 16.7 Å². The van der Waals surface area contributed by atoms with Crippen molar-refractivity contribution in [3.05, 3.63) is 46.6 Å². The zero-order valence-corrected chi connectivity index (χ0v) is 18.0. The highest BCUT2D eigenvalue weighted by Crippen LogP contribution is 2.60. The van der Waals surface area contributed by atoms with Gasteiger partial charge in [0.1, 0.15) is 6.61 Å². The van der Waals surface area contributed by atoms with E-state index in [4.69, 9.17) is 4.74 Å². The second kappa shape index (κ2) is 8.41. The number of allylic oxidation sites excluding steroid dienone is 4. The van der Waals surface area contributed by atoms with Gasteiger partial charge in [-0.2, -0.15) is 0 Å². The van der Waals surface area contributed by atoms with Crippen LogP contribution in [0.5, 0.6) is 0 Å². The lowest BCUT2D eigenvalue weighted by Gasteiger charge is -2.55. The number of ether oxygens (including phenoxy) is 1. The van der Waals surface area contributed by atoms with Gasteiger partial charge < -0.3 is 9.84 Å². The van der Waals surface area contributed by atoms with Crippen LogP contribution in [0.15, 0.2) is 46.6 Å². The van der Waals surface area contributed by atoms with Crippen LogP contribution in [0.4, 0.5) is 0 Å². The topological polar surface area (TPSA) is 46.5 Å². The second-order valence-electron chi connectivity index (χ2n) is 9.78. The van der Waals surface area contributed by atoms with Crippen LogP contribution >= 0.6 is 0 Å². The Morgan fingerprint density at radius 1 is 1.32 bits per heavy atom. The maximum absolute atomic E-state index is 11.1. The van der Waals surface area contributed by atoms with Crippen molar-refractivity contribution in [2.75, 3.05) is 13.2 Å². The molecule has 1 heterocycles. The van der Waals surface area contributed by atoms with E-state index in [-0.39, 0.29) is 12.6 Å². The fourth-order valence-electron chi connectivity index (χ4n) is 5.98. The van der Waals surface area contributed by atoms with E-state index in [0.717, 1.165) is 29.9 Å². The van der Waals surface area contributed by atoms with Gasteiger partial charge >= 0.3 is 5.97 Å². The van der Waals surface area contributed by atoms with Crippen molar-refractivity contribution in [3.8, 4) is 0 Å². The highest BCUT2D eigenvalue weighted by atomic mass is 16.5. The number of hydrogen-bond donors (Lipinski definition) is 1. The molecule has 1 saturated carbocycles. The average molecular weight is 385 g/mol. The van der Waals surface area contributed by atoms with Gasteiger partial charge in [0.05, 0.1) is 6.61 Å². The van der Waals surface area contributed by atoms with Crippen molar-refractivity contribution < 1.29 is 14.6 Å². The number of carbonyl (C=O) groups excluding carboxylic acids is 1. The van der Waals surface area contributed by atoms with Gasteiger partial charge in [-0.1, -0.05) is 56.6 Å². The van der Waals surface area contributed by atoms with Crippen LogP contribution in [-0.2, 0) is 9.53 Å². The molecule has 2 aliphatic carbocycles. The minimum absolute atomic E-state index is 0.0801. The zero-order valence-electron chi connectivity index (χ0n) is 18.0. The SMILES string of the molecule is CC1=C(CC/C(=C\C=C\C2=CC(=O)OC2)CO)[C@@]2(C)CCCC(C)(C)[C@@H]2CC1. The lowest BCUT2D eigenvalue weighted by Crippen LogP contribution is -2.45. The molecule has 3 rings (SSSR count). The number of cyclic esters (lactones) is 1. The first-order valence-electron chi connectivity index (χ1n) is 10.8. The molecule has 1 fully saturated rings. The molecule has 0 aromatic rings. The first-order valence-corrected chi connectivity index (χ1v) is 10.8. The Labute approximate surface area is 170 Å². The number of fused-ring (bicyclic) bond motifs is 1. The van der Waals surface area contributed by atoms with Crippen molar-refractivity contribution in [2.45, 2.75) is 72.6 Å². The summed E-state index contributed by atoms with van der Waals surface area (Å²) < 4.78 is 4.91. The number of aliphatic hydroxyl groups excluding tert-OH is 1. The first-order chi connectivity index (χ1) is 13.3. The second-order valence-corrected chi connectivity index (χ2v) is 9.78. The largest absolute Gasteiger partial charge is 0.458 e. The number of carbonyl (C=O) groups is 1. The molecule has 1 aliphatic heterocycles. The van der Waals surface area contributed by atoms with Crippen molar-refractivity contribution in [1.29, 1.82) is 0 Å². The Balaban J connectivity index is 1.70. The molecule has 0 aromatic heterocycles. The molecule has 3 heteroatoms. The Bertz CT molecular complexity index is 735. The van der Waals surface area contributed by atoms with Gasteiger partial charge in [0.25, 0.3) is 0 Å². The standard InChI is InChI=1S/C25H36O3/c1-18-9-12-22-24(2,3)13-6-14-25(22,4)21(18)11-10-19(16-26)7-5-8-20-15-23(27)28-17-20/h5,7-8,15,22,26H,6,9-14,16-17H2,1-4H3/b8-5+,19-7+/t22-,25+/m0/s1. The highest BCUT2D eigenvalue weighted by Gasteiger charge is 2.49. The molecule has 0 aromatic carbocycles. The van der Waals surface area contributed by atoms with Gasteiger partial charge in [-0.25, -0.2) is 4.79 Å². The minimum Gasteiger partial charge on any atom is -0.458 e. The number of esters is 1. The predicted molar refractivity (Wildman–Crippen MR) is 114 cm³/mol. The number of rotatable bonds is 6. The molecule has 0 amide bonds. The third kappa shape index (κ3) is 4.35. The smallest absolute Gasteiger partial charge is 0.331 e. The molecular weight excluding hydrogens is 348 g/mol. The van der Waals surface area contributed by atoms with E-state index in [1.165, 1.54) is 38.2 Å². The molecular formula is C25H36O3. The van der Waals surface area contributed by atoms with E-state index in [1.54, 1.807) is 11.1 Å². The lowest BCUT2D eigenvalue weighted by molar-refractivity contribution is -0.134. The van der Waals surface area contributed by atoms with E-state index in [9.17, 15) is 9.90 Å². The summed E-state index contributed by atoms with van der Waals surface area (Å²) in [6, 6.07) is 0. The zero-order chi connectivity index (χ0) is 20.4. The molecule has 0 spiro atoms. The summed E-state index contributed by atoms with van der Waals surface area (Å²) in [7, 11) is 0. The van der Waals surface area contributed by atoms with Crippen LogP contribution in [0.3, 0.4) is 0 Å². The highest BCUT2D eigenvalue weighted by molar-refractivity contribution is 5.86. The van der Waals surface area contributed by atoms with Gasteiger partial charge in [-0.15, -0.1) is 0 Å².